The molecular formula is C22H28N2O8S3. The van der Waals surface area contributed by atoms with Gasteiger partial charge in [-0.3, -0.25) is 0 Å². The van der Waals surface area contributed by atoms with Crippen molar-refractivity contribution in [1.29, 1.82) is 0 Å². The van der Waals surface area contributed by atoms with Gasteiger partial charge in [-0.1, -0.05) is 62.4 Å². The topological polar surface area (TPSA) is 149 Å². The van der Waals surface area contributed by atoms with Crippen molar-refractivity contribution in [2.45, 2.75) is 38.4 Å². The highest BCUT2D eigenvalue weighted by atomic mass is 32.2. The van der Waals surface area contributed by atoms with E-state index in [4.69, 9.17) is 0 Å². The minimum atomic E-state index is -3.38. The van der Waals surface area contributed by atoms with Gasteiger partial charge in [-0.25, -0.2) is 35.0 Å². The van der Waals surface area contributed by atoms with Gasteiger partial charge in [0.2, 0.25) is 0 Å². The largest absolute Gasteiger partial charge is 0.464 e. The molecule has 0 atom stereocenters. The van der Waals surface area contributed by atoms with E-state index in [0.717, 1.165) is 8.61 Å². The molecule has 0 spiro atoms. The summed E-state index contributed by atoms with van der Waals surface area (Å²) in [6.07, 6.45) is -2.84. The molecule has 2 aromatic carbocycles. The van der Waals surface area contributed by atoms with Gasteiger partial charge in [0.15, 0.2) is 19.7 Å². The van der Waals surface area contributed by atoms with Crippen LogP contribution in [0.15, 0.2) is 48.5 Å². The van der Waals surface area contributed by atoms with Crippen molar-refractivity contribution in [3.05, 3.63) is 70.8 Å². The Morgan fingerprint density at radius 1 is 0.686 bits per heavy atom. The van der Waals surface area contributed by atoms with Crippen LogP contribution in [-0.4, -0.2) is 59.4 Å². The predicted molar refractivity (Wildman–Crippen MR) is 134 cm³/mol. The molecule has 0 saturated heterocycles. The van der Waals surface area contributed by atoms with Crippen LogP contribution >= 0.6 is 12.1 Å². The van der Waals surface area contributed by atoms with Gasteiger partial charge in [0.1, 0.15) is 0 Å². The summed E-state index contributed by atoms with van der Waals surface area (Å²) in [6, 6.07) is 12.9. The fourth-order valence-corrected chi connectivity index (χ4v) is 5.76. The van der Waals surface area contributed by atoms with Crippen LogP contribution < -0.4 is 0 Å². The molecule has 0 fully saturated rings. The number of carbonyl (C=O) groups is 2. The second-order valence-corrected chi connectivity index (χ2v) is 13.4. The van der Waals surface area contributed by atoms with Gasteiger partial charge < -0.3 is 10.2 Å². The summed E-state index contributed by atoms with van der Waals surface area (Å²) in [6.45, 7) is 2.52. The van der Waals surface area contributed by atoms with Crippen LogP contribution in [0.1, 0.15) is 36.1 Å². The van der Waals surface area contributed by atoms with Crippen molar-refractivity contribution in [3.8, 4) is 0 Å². The molecule has 13 heteroatoms. The Labute approximate surface area is 209 Å². The van der Waals surface area contributed by atoms with E-state index in [9.17, 15) is 36.6 Å². The van der Waals surface area contributed by atoms with Crippen molar-refractivity contribution in [1.82, 2.24) is 8.61 Å². The van der Waals surface area contributed by atoms with Gasteiger partial charge in [-0.05, 0) is 22.3 Å². The number of hydrogen-bond donors (Lipinski definition) is 2. The minimum absolute atomic E-state index is 0.0708. The monoisotopic (exact) mass is 544 g/mol. The molecule has 10 nitrogen and oxygen atoms in total. The fraction of sp³-hybridized carbons (Fsp3) is 0.364. The smallest absolute Gasteiger partial charge is 0.419 e. The van der Waals surface area contributed by atoms with Crippen molar-refractivity contribution >= 4 is 44.0 Å². The molecular weight excluding hydrogens is 516 g/mol. The van der Waals surface area contributed by atoms with Crippen LogP contribution in [0.5, 0.6) is 0 Å². The first-order chi connectivity index (χ1) is 16.4. The van der Waals surface area contributed by atoms with Crippen LogP contribution in [0.3, 0.4) is 0 Å². The average Bonchev–Trinajstić information content (AvgIpc) is 2.79. The fourth-order valence-electron chi connectivity index (χ4n) is 3.07. The van der Waals surface area contributed by atoms with Crippen molar-refractivity contribution in [2.24, 2.45) is 0 Å². The van der Waals surface area contributed by atoms with Gasteiger partial charge in [0.05, 0.1) is 36.7 Å². The van der Waals surface area contributed by atoms with E-state index in [1.807, 2.05) is 0 Å². The summed E-state index contributed by atoms with van der Waals surface area (Å²) in [7, 11) is -6.75. The van der Waals surface area contributed by atoms with Gasteiger partial charge in [0, 0.05) is 11.5 Å². The number of sulfone groups is 2. The second-order valence-electron chi connectivity index (χ2n) is 7.61. The molecule has 0 aliphatic carbocycles. The summed E-state index contributed by atoms with van der Waals surface area (Å²) in [5, 5.41) is 19.5. The molecule has 2 amide bonds. The number of nitrogens with zero attached hydrogens (tertiary/aromatic N) is 2. The molecule has 0 aromatic heterocycles. The van der Waals surface area contributed by atoms with Crippen molar-refractivity contribution in [3.63, 3.8) is 0 Å². The highest BCUT2D eigenvalue weighted by Gasteiger charge is 2.25. The SMILES string of the molecule is CCS(=O)(=O)Cc1ccccc1CN(SN(Cc1ccccc1CS(=O)(=O)CC)C(=O)O)C(=O)O. The summed E-state index contributed by atoms with van der Waals surface area (Å²) in [5.41, 5.74) is 1.72. The molecule has 2 rings (SSSR count). The first-order valence-electron chi connectivity index (χ1n) is 10.6. The van der Waals surface area contributed by atoms with Crippen LogP contribution in [0.25, 0.3) is 0 Å². The predicted octanol–water partition coefficient (Wildman–Crippen LogP) is 3.78. The van der Waals surface area contributed by atoms with E-state index in [1.165, 1.54) is 13.8 Å². The van der Waals surface area contributed by atoms with E-state index >= 15 is 0 Å². The highest BCUT2D eigenvalue weighted by Crippen LogP contribution is 2.26. The Bertz CT molecular complexity index is 1170. The van der Waals surface area contributed by atoms with Crippen LogP contribution in [0, 0.1) is 0 Å². The van der Waals surface area contributed by atoms with Gasteiger partial charge in [-0.15, -0.1) is 0 Å². The van der Waals surface area contributed by atoms with Crippen molar-refractivity contribution < 1.29 is 36.6 Å². The molecule has 0 radical (unpaired) electrons. The number of amides is 2. The Kier molecular flexibility index (Phi) is 9.98. The minimum Gasteiger partial charge on any atom is -0.464 e. The van der Waals surface area contributed by atoms with E-state index in [2.05, 4.69) is 0 Å². The molecule has 0 bridgehead atoms. The van der Waals surface area contributed by atoms with Crippen LogP contribution in [0.2, 0.25) is 0 Å². The lowest BCUT2D eigenvalue weighted by atomic mass is 10.1. The third-order valence-corrected chi connectivity index (χ3v) is 9.34. The maximum atomic E-state index is 12.1. The van der Waals surface area contributed by atoms with Crippen molar-refractivity contribution in [2.75, 3.05) is 11.5 Å². The molecule has 0 unspecified atom stereocenters. The molecule has 0 saturated carbocycles. The van der Waals surface area contributed by atoms with Gasteiger partial charge in [0.25, 0.3) is 0 Å². The zero-order chi connectivity index (χ0) is 26.2. The van der Waals surface area contributed by atoms with Crippen LogP contribution in [-0.2, 0) is 44.3 Å². The quantitative estimate of drug-likeness (QED) is 0.381. The van der Waals surface area contributed by atoms with E-state index in [-0.39, 0.29) is 36.1 Å². The highest BCUT2D eigenvalue weighted by molar-refractivity contribution is 7.95. The van der Waals surface area contributed by atoms with E-state index in [1.54, 1.807) is 48.5 Å². The lowest BCUT2D eigenvalue weighted by Crippen LogP contribution is -2.32. The second kappa shape index (κ2) is 12.3. The Hall–Kier alpha value is -2.77. The normalized spacial score (nSPS) is 11.7. The summed E-state index contributed by atoms with van der Waals surface area (Å²) < 4.78 is 50.0. The summed E-state index contributed by atoms with van der Waals surface area (Å²) in [5.74, 6) is -0.670. The number of benzene rings is 2. The summed E-state index contributed by atoms with van der Waals surface area (Å²) in [4.78, 5) is 23.9. The maximum absolute atomic E-state index is 12.1. The molecule has 2 aromatic rings. The number of hydrogen-bond acceptors (Lipinski definition) is 7. The molecule has 0 aliphatic heterocycles. The summed E-state index contributed by atoms with van der Waals surface area (Å²) >= 11 is 0.429. The Morgan fingerprint density at radius 3 is 1.29 bits per heavy atom. The number of rotatable bonds is 12. The standard InChI is InChI=1S/C22H28N2O8S3/c1-3-34(29,30)15-19-11-7-5-9-17(19)13-23(21(25)26)33-24(22(27)28)14-18-10-6-8-12-20(18)16-35(31,32)4-2/h5-12H,3-4,13-16H2,1-2H3,(H,25,26)(H,27,28). The average molecular weight is 545 g/mol. The van der Waals surface area contributed by atoms with Gasteiger partial charge >= 0.3 is 12.2 Å². The van der Waals surface area contributed by atoms with Crippen LogP contribution in [0.4, 0.5) is 9.59 Å². The molecule has 0 aliphatic rings. The van der Waals surface area contributed by atoms with E-state index in [0.29, 0.717) is 34.4 Å². The van der Waals surface area contributed by atoms with Gasteiger partial charge in [-0.2, -0.15) is 0 Å². The lowest BCUT2D eigenvalue weighted by Gasteiger charge is -2.26. The zero-order valence-electron chi connectivity index (χ0n) is 19.3. The molecule has 192 valence electrons. The van der Waals surface area contributed by atoms with E-state index < -0.39 is 31.9 Å². The maximum Gasteiger partial charge on any atom is 0.419 e. The number of carboxylic acid groups (broad SMARTS) is 2. The zero-order valence-corrected chi connectivity index (χ0v) is 21.8. The third-order valence-electron chi connectivity index (χ3n) is 5.12. The lowest BCUT2D eigenvalue weighted by molar-refractivity contribution is 0.166. The Morgan fingerprint density at radius 2 is 1.00 bits per heavy atom. The Balaban J connectivity index is 2.30. The third kappa shape index (κ3) is 8.75. The molecule has 0 heterocycles. The first-order valence-corrected chi connectivity index (χ1v) is 15.0. The first kappa shape index (κ1) is 28.5. The molecule has 35 heavy (non-hydrogen) atoms. The molecule has 2 N–H and O–H groups in total.